The normalized spacial score (nSPS) is 17.8. The van der Waals surface area contributed by atoms with Gasteiger partial charge in [-0.2, -0.15) is 0 Å². The highest BCUT2D eigenvalue weighted by atomic mass is 35.5. The van der Waals surface area contributed by atoms with Crippen LogP contribution < -0.4 is 5.73 Å². The first kappa shape index (κ1) is 16.3. The van der Waals surface area contributed by atoms with Crippen LogP contribution >= 0.6 is 11.6 Å². The van der Waals surface area contributed by atoms with Gasteiger partial charge in [-0.05, 0) is 42.4 Å². The molecule has 0 aliphatic heterocycles. The average molecular weight is 330 g/mol. The predicted octanol–water partition coefficient (Wildman–Crippen LogP) is 2.89. The second-order valence-corrected chi connectivity index (χ2v) is 8.17. The summed E-state index contributed by atoms with van der Waals surface area (Å²) in [6.07, 6.45) is 5.88. The Balaban J connectivity index is 2.36. The Labute approximate surface area is 130 Å². The van der Waals surface area contributed by atoms with Crippen LogP contribution in [-0.2, 0) is 14.6 Å². The van der Waals surface area contributed by atoms with Gasteiger partial charge in [0, 0.05) is 12.7 Å². The summed E-state index contributed by atoms with van der Waals surface area (Å²) in [7, 11) is -3.34. The Bertz CT molecular complexity index is 636. The predicted molar refractivity (Wildman–Crippen MR) is 83.1 cm³/mol. The minimum atomic E-state index is -3.34. The van der Waals surface area contributed by atoms with Crippen LogP contribution in [0.2, 0.25) is 5.02 Å². The molecule has 6 heteroatoms. The topological polar surface area (TPSA) is 77.2 Å². The summed E-state index contributed by atoms with van der Waals surface area (Å²) >= 11 is 6.11. The molecule has 0 bridgehead atoms. The third-order valence-corrected chi connectivity index (χ3v) is 5.75. The van der Waals surface area contributed by atoms with Crippen LogP contribution in [0.4, 0.5) is 0 Å². The van der Waals surface area contributed by atoms with E-state index in [1.165, 1.54) is 6.07 Å². The molecule has 1 aromatic rings. The number of nitrogens with two attached hydrogens (primary N) is 1. The zero-order chi connectivity index (χ0) is 15.6. The van der Waals surface area contributed by atoms with Crippen LogP contribution in [0.3, 0.4) is 0 Å². The van der Waals surface area contributed by atoms with Crippen molar-refractivity contribution in [2.75, 3.05) is 6.26 Å². The van der Waals surface area contributed by atoms with Crippen molar-refractivity contribution in [2.24, 2.45) is 11.7 Å². The Morgan fingerprint density at radius 3 is 2.48 bits per heavy atom. The smallest absolute Gasteiger partial charge is 0.218 e. The zero-order valence-electron chi connectivity index (χ0n) is 12.0. The summed E-state index contributed by atoms with van der Waals surface area (Å²) in [5, 5.41) is 0.211. The van der Waals surface area contributed by atoms with Crippen molar-refractivity contribution in [1.29, 1.82) is 0 Å². The maximum Gasteiger partial charge on any atom is 0.218 e. The number of carbonyl (C=O) groups is 1. The second-order valence-electron chi connectivity index (χ2n) is 5.78. The molecule has 1 fully saturated rings. The number of amides is 1. The molecule has 0 radical (unpaired) electrons. The first-order chi connectivity index (χ1) is 9.79. The average Bonchev–Trinajstić information content (AvgIpc) is 2.87. The molecule has 0 saturated heterocycles. The molecule has 21 heavy (non-hydrogen) atoms. The van der Waals surface area contributed by atoms with Gasteiger partial charge in [-0.3, -0.25) is 4.79 Å². The maximum absolute atomic E-state index is 11.6. The summed E-state index contributed by atoms with van der Waals surface area (Å²) in [6, 6.07) is 4.95. The fraction of sp³-hybridized carbons (Fsp3) is 0.533. The standard InChI is InChI=1S/C15H20ClNO3S/c1-21(19,20)14-7-6-11(8-13(14)16)12(9-15(17)18)10-4-2-3-5-10/h6-8,10,12H,2-5,9H2,1H3,(H2,17,18). The number of sulfone groups is 1. The van der Waals surface area contributed by atoms with Crippen molar-refractivity contribution < 1.29 is 13.2 Å². The van der Waals surface area contributed by atoms with Crippen molar-refractivity contribution in [1.82, 2.24) is 0 Å². The molecule has 1 atom stereocenters. The number of hydrogen-bond acceptors (Lipinski definition) is 3. The van der Waals surface area contributed by atoms with E-state index < -0.39 is 9.84 Å². The van der Waals surface area contributed by atoms with Gasteiger partial charge in [0.2, 0.25) is 5.91 Å². The maximum atomic E-state index is 11.6. The second kappa shape index (κ2) is 6.36. The monoisotopic (exact) mass is 329 g/mol. The largest absolute Gasteiger partial charge is 0.370 e. The molecule has 1 aromatic carbocycles. The van der Waals surface area contributed by atoms with E-state index in [0.29, 0.717) is 5.92 Å². The van der Waals surface area contributed by atoms with Crippen molar-refractivity contribution in [3.63, 3.8) is 0 Å². The van der Waals surface area contributed by atoms with Crippen molar-refractivity contribution in [2.45, 2.75) is 42.9 Å². The minimum absolute atomic E-state index is 0.0242. The van der Waals surface area contributed by atoms with Gasteiger partial charge in [-0.15, -0.1) is 0 Å². The molecule has 2 rings (SSSR count). The lowest BCUT2D eigenvalue weighted by atomic mass is 9.82. The first-order valence-electron chi connectivity index (χ1n) is 7.07. The van der Waals surface area contributed by atoms with E-state index in [4.69, 9.17) is 17.3 Å². The summed E-state index contributed by atoms with van der Waals surface area (Å²) in [6.45, 7) is 0. The summed E-state index contributed by atoms with van der Waals surface area (Å²) in [5.41, 5.74) is 6.27. The number of benzene rings is 1. The highest BCUT2D eigenvalue weighted by Crippen LogP contribution is 2.40. The minimum Gasteiger partial charge on any atom is -0.370 e. The van der Waals surface area contributed by atoms with E-state index >= 15 is 0 Å². The third-order valence-electron chi connectivity index (χ3n) is 4.17. The summed E-state index contributed by atoms with van der Waals surface area (Å²) in [5.74, 6) is 0.101. The Hall–Kier alpha value is -1.07. The van der Waals surface area contributed by atoms with Gasteiger partial charge in [0.15, 0.2) is 9.84 Å². The lowest BCUT2D eigenvalue weighted by Crippen LogP contribution is -2.20. The molecular formula is C15H20ClNO3S. The van der Waals surface area contributed by atoms with Gasteiger partial charge in [0.1, 0.15) is 0 Å². The molecule has 116 valence electrons. The van der Waals surface area contributed by atoms with Gasteiger partial charge < -0.3 is 5.73 Å². The van der Waals surface area contributed by atoms with Crippen LogP contribution in [0.15, 0.2) is 23.1 Å². The van der Waals surface area contributed by atoms with Crippen LogP contribution in [0.5, 0.6) is 0 Å². The van der Waals surface area contributed by atoms with Gasteiger partial charge in [0.05, 0.1) is 9.92 Å². The number of primary amides is 1. The van der Waals surface area contributed by atoms with Gasteiger partial charge in [0.25, 0.3) is 0 Å². The third kappa shape index (κ3) is 3.98. The van der Waals surface area contributed by atoms with Crippen molar-refractivity contribution >= 4 is 27.3 Å². The molecule has 1 aliphatic rings. The van der Waals surface area contributed by atoms with Gasteiger partial charge in [-0.25, -0.2) is 8.42 Å². The fourth-order valence-corrected chi connectivity index (χ4v) is 4.52. The first-order valence-corrected chi connectivity index (χ1v) is 9.34. The molecule has 1 saturated carbocycles. The molecule has 1 amide bonds. The van der Waals surface area contributed by atoms with Crippen molar-refractivity contribution in [3.05, 3.63) is 28.8 Å². The van der Waals surface area contributed by atoms with E-state index in [2.05, 4.69) is 0 Å². The summed E-state index contributed by atoms with van der Waals surface area (Å²) in [4.78, 5) is 11.5. The number of carbonyl (C=O) groups excluding carboxylic acids is 1. The lowest BCUT2D eigenvalue weighted by molar-refractivity contribution is -0.118. The van der Waals surface area contributed by atoms with E-state index in [1.807, 2.05) is 0 Å². The fourth-order valence-electron chi connectivity index (χ4n) is 3.18. The van der Waals surface area contributed by atoms with Crippen LogP contribution in [0.1, 0.15) is 43.6 Å². The molecule has 1 unspecified atom stereocenters. The molecule has 1 aliphatic carbocycles. The molecule has 0 spiro atoms. The Kier molecular flexibility index (Phi) is 4.94. The van der Waals surface area contributed by atoms with Crippen LogP contribution in [-0.4, -0.2) is 20.6 Å². The van der Waals surface area contributed by atoms with Gasteiger partial charge in [-0.1, -0.05) is 30.5 Å². The highest BCUT2D eigenvalue weighted by molar-refractivity contribution is 7.90. The molecule has 0 aromatic heterocycles. The number of rotatable bonds is 5. The zero-order valence-corrected chi connectivity index (χ0v) is 13.6. The molecular weight excluding hydrogens is 310 g/mol. The van der Waals surface area contributed by atoms with Crippen LogP contribution in [0, 0.1) is 5.92 Å². The number of hydrogen-bond donors (Lipinski definition) is 1. The quantitative estimate of drug-likeness (QED) is 0.902. The van der Waals surface area contributed by atoms with E-state index in [1.54, 1.807) is 12.1 Å². The van der Waals surface area contributed by atoms with Crippen molar-refractivity contribution in [3.8, 4) is 0 Å². The van der Waals surface area contributed by atoms with Gasteiger partial charge >= 0.3 is 0 Å². The molecule has 0 heterocycles. The molecule has 4 nitrogen and oxygen atoms in total. The summed E-state index contributed by atoms with van der Waals surface area (Å²) < 4.78 is 23.2. The van der Waals surface area contributed by atoms with E-state index in [9.17, 15) is 13.2 Å². The van der Waals surface area contributed by atoms with E-state index in [-0.39, 0.29) is 28.2 Å². The SMILES string of the molecule is CS(=O)(=O)c1ccc(C(CC(N)=O)C2CCCC2)cc1Cl. The van der Waals surface area contributed by atoms with Crippen LogP contribution in [0.25, 0.3) is 0 Å². The van der Waals surface area contributed by atoms with E-state index in [0.717, 1.165) is 37.5 Å². The Morgan fingerprint density at radius 2 is 2.00 bits per heavy atom. The Morgan fingerprint density at radius 1 is 1.38 bits per heavy atom. The lowest BCUT2D eigenvalue weighted by Gasteiger charge is -2.23. The molecule has 2 N–H and O–H groups in total. The highest BCUT2D eigenvalue weighted by Gasteiger charge is 2.28. The number of halogens is 1.